The fourth-order valence-corrected chi connectivity index (χ4v) is 1.77. The van der Waals surface area contributed by atoms with Crippen molar-refractivity contribution in [2.75, 3.05) is 0 Å². The van der Waals surface area contributed by atoms with Crippen LogP contribution in [0.5, 0.6) is 0 Å². The van der Waals surface area contributed by atoms with E-state index in [4.69, 9.17) is 0 Å². The van der Waals surface area contributed by atoms with Gasteiger partial charge in [-0.3, -0.25) is 0 Å². The molecule has 2 rings (SSSR count). The van der Waals surface area contributed by atoms with E-state index >= 15 is 0 Å². The highest BCUT2D eigenvalue weighted by Crippen LogP contribution is 2.28. The lowest BCUT2D eigenvalue weighted by atomic mass is 10.1. The highest BCUT2D eigenvalue weighted by molar-refractivity contribution is 5.42. The Morgan fingerprint density at radius 1 is 1.24 bits per heavy atom. The topological polar surface area (TPSA) is 17.3 Å². The fraction of sp³-hybridized carbons (Fsp3) is 0.417. The standard InChI is InChI=1S/C12H13F3N2/c1-8(2)5-9-3-4-11-16-10(12(13,14)15)7-17(11)6-9/h3-4,6-8H,5H2,1-2H3. The molecular formula is C12H13F3N2. The molecule has 5 heteroatoms. The molecule has 0 radical (unpaired) electrons. The second-order valence-corrected chi connectivity index (χ2v) is 4.52. The zero-order chi connectivity index (χ0) is 12.6. The third-order valence-electron chi connectivity index (χ3n) is 2.45. The maximum absolute atomic E-state index is 12.5. The van der Waals surface area contributed by atoms with E-state index in [9.17, 15) is 13.2 Å². The number of aromatic nitrogens is 2. The molecule has 0 aliphatic heterocycles. The van der Waals surface area contributed by atoms with Crippen molar-refractivity contribution in [3.05, 3.63) is 35.8 Å². The van der Waals surface area contributed by atoms with Crippen molar-refractivity contribution >= 4 is 5.65 Å². The zero-order valence-electron chi connectivity index (χ0n) is 9.62. The Hall–Kier alpha value is -1.52. The van der Waals surface area contributed by atoms with Crippen LogP contribution in [0.1, 0.15) is 25.1 Å². The van der Waals surface area contributed by atoms with Gasteiger partial charge in [0.1, 0.15) is 5.65 Å². The number of nitrogens with zero attached hydrogens (tertiary/aromatic N) is 2. The van der Waals surface area contributed by atoms with Gasteiger partial charge in [0.2, 0.25) is 0 Å². The molecule has 0 bridgehead atoms. The first kappa shape index (κ1) is 12.0. The number of hydrogen-bond donors (Lipinski definition) is 0. The molecule has 0 aromatic carbocycles. The maximum Gasteiger partial charge on any atom is 0.434 e. The summed E-state index contributed by atoms with van der Waals surface area (Å²) in [5, 5.41) is 0. The normalized spacial score (nSPS) is 12.6. The molecule has 0 atom stereocenters. The van der Waals surface area contributed by atoms with Crippen molar-refractivity contribution in [3.8, 4) is 0 Å². The first-order valence-corrected chi connectivity index (χ1v) is 5.41. The van der Waals surface area contributed by atoms with E-state index in [0.29, 0.717) is 11.6 Å². The van der Waals surface area contributed by atoms with Crippen LogP contribution in [0.25, 0.3) is 5.65 Å². The Bertz CT molecular complexity index is 526. The summed E-state index contributed by atoms with van der Waals surface area (Å²) in [4.78, 5) is 3.54. The van der Waals surface area contributed by atoms with Crippen LogP contribution in [0.15, 0.2) is 24.5 Å². The number of pyridine rings is 1. The molecular weight excluding hydrogens is 229 g/mol. The summed E-state index contributed by atoms with van der Waals surface area (Å²) in [5.74, 6) is 0.470. The molecule has 0 aliphatic carbocycles. The molecule has 17 heavy (non-hydrogen) atoms. The highest BCUT2D eigenvalue weighted by Gasteiger charge is 2.33. The van der Waals surface area contributed by atoms with Gasteiger partial charge >= 0.3 is 6.18 Å². The predicted octanol–water partition coefficient (Wildman–Crippen LogP) is 3.55. The van der Waals surface area contributed by atoms with Crippen LogP contribution < -0.4 is 0 Å². The zero-order valence-corrected chi connectivity index (χ0v) is 9.62. The minimum absolute atomic E-state index is 0.324. The second kappa shape index (κ2) is 4.05. The summed E-state index contributed by atoms with van der Waals surface area (Å²) in [7, 11) is 0. The van der Waals surface area contributed by atoms with Gasteiger partial charge in [0, 0.05) is 12.4 Å². The van der Waals surface area contributed by atoms with Gasteiger partial charge in [0.05, 0.1) is 0 Å². The average Bonchev–Trinajstić information content (AvgIpc) is 2.58. The summed E-state index contributed by atoms with van der Waals surface area (Å²) in [6.45, 7) is 4.14. The summed E-state index contributed by atoms with van der Waals surface area (Å²) >= 11 is 0. The first-order chi connectivity index (χ1) is 7.86. The van der Waals surface area contributed by atoms with Gasteiger partial charge in [-0.1, -0.05) is 19.9 Å². The Kier molecular flexibility index (Phi) is 2.85. The molecule has 2 nitrogen and oxygen atoms in total. The molecule has 0 spiro atoms. The number of rotatable bonds is 2. The average molecular weight is 242 g/mol. The van der Waals surface area contributed by atoms with Crippen LogP contribution in [-0.4, -0.2) is 9.38 Å². The quantitative estimate of drug-likeness (QED) is 0.787. The smallest absolute Gasteiger partial charge is 0.306 e. The molecule has 2 aromatic rings. The Morgan fingerprint density at radius 3 is 2.53 bits per heavy atom. The van der Waals surface area contributed by atoms with E-state index in [1.165, 1.54) is 4.40 Å². The summed E-state index contributed by atoms with van der Waals surface area (Å²) in [6.07, 6.45) is -0.809. The summed E-state index contributed by atoms with van der Waals surface area (Å²) in [6, 6.07) is 3.44. The van der Waals surface area contributed by atoms with Crippen molar-refractivity contribution in [3.63, 3.8) is 0 Å². The van der Waals surface area contributed by atoms with Gasteiger partial charge in [-0.25, -0.2) is 4.98 Å². The minimum Gasteiger partial charge on any atom is -0.306 e. The molecule has 0 unspecified atom stereocenters. The lowest BCUT2D eigenvalue weighted by Gasteiger charge is -2.04. The van der Waals surface area contributed by atoms with Crippen molar-refractivity contribution in [2.24, 2.45) is 5.92 Å². The van der Waals surface area contributed by atoms with Crippen LogP contribution in [0.3, 0.4) is 0 Å². The van der Waals surface area contributed by atoms with E-state index in [0.717, 1.165) is 18.2 Å². The third kappa shape index (κ3) is 2.60. The van der Waals surface area contributed by atoms with Gasteiger partial charge in [0.15, 0.2) is 5.69 Å². The number of hydrogen-bond acceptors (Lipinski definition) is 1. The Balaban J connectivity index is 2.41. The monoisotopic (exact) mass is 242 g/mol. The third-order valence-corrected chi connectivity index (χ3v) is 2.45. The van der Waals surface area contributed by atoms with Crippen LogP contribution in [0.2, 0.25) is 0 Å². The molecule has 0 saturated carbocycles. The highest BCUT2D eigenvalue weighted by atomic mass is 19.4. The molecule has 0 saturated heterocycles. The Labute approximate surface area is 97.1 Å². The molecule has 92 valence electrons. The summed E-state index contributed by atoms with van der Waals surface area (Å²) in [5.41, 5.74) is 0.489. The van der Waals surface area contributed by atoms with E-state index in [2.05, 4.69) is 18.8 Å². The SMILES string of the molecule is CC(C)Cc1ccc2nc(C(F)(F)F)cn2c1. The number of alkyl halides is 3. The Morgan fingerprint density at radius 2 is 1.94 bits per heavy atom. The van der Waals surface area contributed by atoms with Crippen molar-refractivity contribution < 1.29 is 13.2 Å². The first-order valence-electron chi connectivity index (χ1n) is 5.41. The fourth-order valence-electron chi connectivity index (χ4n) is 1.77. The molecule has 2 aromatic heterocycles. The molecule has 0 amide bonds. The van der Waals surface area contributed by atoms with Crippen molar-refractivity contribution in [1.29, 1.82) is 0 Å². The van der Waals surface area contributed by atoms with Gasteiger partial charge < -0.3 is 4.40 Å². The van der Waals surface area contributed by atoms with E-state index in [1.807, 2.05) is 6.07 Å². The maximum atomic E-state index is 12.5. The van der Waals surface area contributed by atoms with Crippen LogP contribution in [0.4, 0.5) is 13.2 Å². The van der Waals surface area contributed by atoms with E-state index < -0.39 is 11.9 Å². The largest absolute Gasteiger partial charge is 0.434 e. The minimum atomic E-state index is -4.38. The van der Waals surface area contributed by atoms with E-state index in [-0.39, 0.29) is 0 Å². The van der Waals surface area contributed by atoms with E-state index in [1.54, 1.807) is 12.3 Å². The van der Waals surface area contributed by atoms with Gasteiger partial charge in [-0.05, 0) is 24.0 Å². The van der Waals surface area contributed by atoms with Crippen molar-refractivity contribution in [1.82, 2.24) is 9.38 Å². The lowest BCUT2D eigenvalue weighted by Crippen LogP contribution is -2.04. The predicted molar refractivity (Wildman–Crippen MR) is 58.7 cm³/mol. The van der Waals surface area contributed by atoms with Crippen LogP contribution in [-0.2, 0) is 12.6 Å². The number of imidazole rings is 1. The number of fused-ring (bicyclic) bond motifs is 1. The van der Waals surface area contributed by atoms with Crippen LogP contribution >= 0.6 is 0 Å². The van der Waals surface area contributed by atoms with Gasteiger partial charge in [-0.15, -0.1) is 0 Å². The summed E-state index contributed by atoms with van der Waals surface area (Å²) < 4.78 is 38.8. The molecule has 0 aliphatic rings. The molecule has 2 heterocycles. The van der Waals surface area contributed by atoms with Crippen LogP contribution in [0, 0.1) is 5.92 Å². The second-order valence-electron chi connectivity index (χ2n) is 4.52. The lowest BCUT2D eigenvalue weighted by molar-refractivity contribution is -0.140. The molecule has 0 N–H and O–H groups in total. The van der Waals surface area contributed by atoms with Gasteiger partial charge in [-0.2, -0.15) is 13.2 Å². The van der Waals surface area contributed by atoms with Gasteiger partial charge in [0.25, 0.3) is 0 Å². The number of halogens is 3. The van der Waals surface area contributed by atoms with Crippen molar-refractivity contribution in [2.45, 2.75) is 26.4 Å². The molecule has 0 fully saturated rings.